The van der Waals surface area contributed by atoms with Crippen molar-refractivity contribution in [1.29, 1.82) is 0 Å². The number of carbonyl (C=O) groups excluding carboxylic acids is 1. The molecular weight excluding hydrogens is 236 g/mol. The van der Waals surface area contributed by atoms with Gasteiger partial charge in [0, 0.05) is 5.56 Å². The molecule has 1 aliphatic rings. The Balaban J connectivity index is 2.47. The number of Topliss-reactive ketones (excluding diaryl/α,β-unsaturated/α-hetero) is 1. The highest BCUT2D eigenvalue weighted by Crippen LogP contribution is 2.27. The Morgan fingerprint density at radius 3 is 2.65 bits per heavy atom. The average molecular weight is 250 g/mol. The van der Waals surface area contributed by atoms with Crippen molar-refractivity contribution in [2.75, 3.05) is 5.75 Å². The molecular formula is C13H14O3S. The fourth-order valence-corrected chi connectivity index (χ4v) is 2.92. The maximum Gasteiger partial charge on any atom is 0.316 e. The van der Waals surface area contributed by atoms with Gasteiger partial charge in [-0.25, -0.2) is 0 Å². The number of hydrogen-bond acceptors (Lipinski definition) is 3. The summed E-state index contributed by atoms with van der Waals surface area (Å²) >= 11 is 1.22. The predicted octanol–water partition coefficient (Wildman–Crippen LogP) is 2.23. The first-order valence-electron chi connectivity index (χ1n) is 5.46. The minimum atomic E-state index is -0.839. The van der Waals surface area contributed by atoms with Crippen molar-refractivity contribution in [2.24, 2.45) is 0 Å². The summed E-state index contributed by atoms with van der Waals surface area (Å²) in [7, 11) is 0. The number of ketones is 1. The summed E-state index contributed by atoms with van der Waals surface area (Å²) in [6, 6.07) is 3.84. The average Bonchev–Trinajstić information content (AvgIpc) is 2.41. The number of carboxylic acid groups (broad SMARTS) is 1. The van der Waals surface area contributed by atoms with Crippen LogP contribution in [-0.4, -0.2) is 27.9 Å². The van der Waals surface area contributed by atoms with Crippen molar-refractivity contribution >= 4 is 23.5 Å². The van der Waals surface area contributed by atoms with Crippen LogP contribution in [0.15, 0.2) is 12.1 Å². The van der Waals surface area contributed by atoms with Gasteiger partial charge in [-0.1, -0.05) is 6.07 Å². The molecule has 2 rings (SSSR count). The molecule has 4 heteroatoms. The first-order chi connectivity index (χ1) is 7.99. The minimum Gasteiger partial charge on any atom is -0.480 e. The number of carbonyl (C=O) groups is 2. The van der Waals surface area contributed by atoms with Crippen LogP contribution < -0.4 is 0 Å². The Morgan fingerprint density at radius 1 is 1.35 bits per heavy atom. The molecule has 1 unspecified atom stereocenters. The zero-order valence-corrected chi connectivity index (χ0v) is 10.6. The van der Waals surface area contributed by atoms with Gasteiger partial charge in [-0.3, -0.25) is 9.59 Å². The normalized spacial score (nSPS) is 19.6. The standard InChI is InChI=1S/C13H14O3S/c1-7-3-9-5-12(13(15)16)17-6-11(14)10(9)4-8(7)2/h3-4,12H,5-6H2,1-2H3,(H,15,16). The van der Waals surface area contributed by atoms with Crippen molar-refractivity contribution in [3.63, 3.8) is 0 Å². The molecule has 17 heavy (non-hydrogen) atoms. The van der Waals surface area contributed by atoms with E-state index in [1.165, 1.54) is 11.8 Å². The molecule has 1 aromatic rings. The van der Waals surface area contributed by atoms with Crippen LogP contribution in [0.3, 0.4) is 0 Å². The van der Waals surface area contributed by atoms with Gasteiger partial charge in [0.15, 0.2) is 5.78 Å². The third-order valence-corrected chi connectivity index (χ3v) is 4.32. The van der Waals surface area contributed by atoms with Crippen molar-refractivity contribution in [2.45, 2.75) is 25.5 Å². The molecule has 0 bridgehead atoms. The highest BCUT2D eigenvalue weighted by Gasteiger charge is 2.27. The molecule has 1 aliphatic heterocycles. The molecule has 0 aliphatic carbocycles. The maximum absolute atomic E-state index is 11.9. The fourth-order valence-electron chi connectivity index (χ4n) is 1.98. The number of fused-ring (bicyclic) bond motifs is 1. The van der Waals surface area contributed by atoms with E-state index in [1.54, 1.807) is 0 Å². The molecule has 0 spiro atoms. The summed E-state index contributed by atoms with van der Waals surface area (Å²) in [6.07, 6.45) is 0.433. The molecule has 0 fully saturated rings. The van der Waals surface area contributed by atoms with Crippen LogP contribution in [0.2, 0.25) is 0 Å². The van der Waals surface area contributed by atoms with Crippen molar-refractivity contribution < 1.29 is 14.7 Å². The van der Waals surface area contributed by atoms with E-state index in [0.717, 1.165) is 16.7 Å². The molecule has 0 aromatic heterocycles. The summed E-state index contributed by atoms with van der Waals surface area (Å²) in [5.74, 6) is -0.544. The second kappa shape index (κ2) is 4.53. The molecule has 1 atom stereocenters. The van der Waals surface area contributed by atoms with Crippen LogP contribution in [0.25, 0.3) is 0 Å². The summed E-state index contributed by atoms with van der Waals surface area (Å²) in [4.78, 5) is 23.0. The van der Waals surface area contributed by atoms with Gasteiger partial charge in [0.25, 0.3) is 0 Å². The lowest BCUT2D eigenvalue weighted by molar-refractivity contribution is -0.136. The smallest absolute Gasteiger partial charge is 0.316 e. The number of carboxylic acids is 1. The summed E-state index contributed by atoms with van der Waals surface area (Å²) < 4.78 is 0. The molecule has 0 radical (unpaired) electrons. The molecule has 1 N–H and O–H groups in total. The molecule has 3 nitrogen and oxygen atoms in total. The van der Waals surface area contributed by atoms with E-state index in [4.69, 9.17) is 5.11 Å². The summed E-state index contributed by atoms with van der Waals surface area (Å²) in [5.41, 5.74) is 3.75. The number of aryl methyl sites for hydroxylation is 2. The number of aliphatic carboxylic acids is 1. The molecule has 0 saturated heterocycles. The fraction of sp³-hybridized carbons (Fsp3) is 0.385. The largest absolute Gasteiger partial charge is 0.480 e. The van der Waals surface area contributed by atoms with E-state index in [2.05, 4.69) is 0 Å². The third kappa shape index (κ3) is 2.36. The minimum absolute atomic E-state index is 0.0388. The lowest BCUT2D eigenvalue weighted by atomic mass is 9.95. The van der Waals surface area contributed by atoms with Crippen LogP contribution in [-0.2, 0) is 11.2 Å². The van der Waals surface area contributed by atoms with E-state index in [0.29, 0.717) is 12.0 Å². The Kier molecular flexibility index (Phi) is 3.24. The predicted molar refractivity (Wildman–Crippen MR) is 67.8 cm³/mol. The van der Waals surface area contributed by atoms with E-state index >= 15 is 0 Å². The molecule has 1 heterocycles. The zero-order chi connectivity index (χ0) is 12.6. The van der Waals surface area contributed by atoms with Gasteiger partial charge >= 0.3 is 5.97 Å². The van der Waals surface area contributed by atoms with Gasteiger partial charge in [0.2, 0.25) is 0 Å². The number of hydrogen-bond donors (Lipinski definition) is 1. The number of thioether (sulfide) groups is 1. The van der Waals surface area contributed by atoms with Gasteiger partial charge < -0.3 is 5.11 Å². The first kappa shape index (κ1) is 12.2. The number of rotatable bonds is 1. The lowest BCUT2D eigenvalue weighted by Gasteiger charge is -2.10. The SMILES string of the molecule is Cc1cc2c(cc1C)C(=O)CSC(C(=O)O)C2. The topological polar surface area (TPSA) is 54.4 Å². The molecule has 90 valence electrons. The zero-order valence-electron chi connectivity index (χ0n) is 9.82. The van der Waals surface area contributed by atoms with Crippen molar-refractivity contribution in [3.05, 3.63) is 34.4 Å². The third-order valence-electron chi connectivity index (χ3n) is 3.12. The molecule has 1 aromatic carbocycles. The van der Waals surface area contributed by atoms with Crippen molar-refractivity contribution in [3.8, 4) is 0 Å². The van der Waals surface area contributed by atoms with Gasteiger partial charge in [-0.15, -0.1) is 11.8 Å². The van der Waals surface area contributed by atoms with E-state index in [9.17, 15) is 9.59 Å². The Bertz CT molecular complexity index is 494. The Morgan fingerprint density at radius 2 is 2.00 bits per heavy atom. The van der Waals surface area contributed by atoms with E-state index in [-0.39, 0.29) is 11.5 Å². The molecule has 0 saturated carbocycles. The van der Waals surface area contributed by atoms with Crippen LogP contribution in [0, 0.1) is 13.8 Å². The first-order valence-corrected chi connectivity index (χ1v) is 6.51. The van der Waals surface area contributed by atoms with E-state index < -0.39 is 11.2 Å². The highest BCUT2D eigenvalue weighted by molar-refractivity contribution is 8.01. The second-order valence-corrected chi connectivity index (χ2v) is 5.55. The Labute approximate surface area is 104 Å². The van der Waals surface area contributed by atoms with Gasteiger partial charge in [-0.05, 0) is 43.0 Å². The van der Waals surface area contributed by atoms with Crippen molar-refractivity contribution in [1.82, 2.24) is 0 Å². The van der Waals surface area contributed by atoms with Crippen LogP contribution in [0.1, 0.15) is 27.0 Å². The monoisotopic (exact) mass is 250 g/mol. The Hall–Kier alpha value is -1.29. The van der Waals surface area contributed by atoms with Crippen LogP contribution in [0.5, 0.6) is 0 Å². The van der Waals surface area contributed by atoms with E-state index in [1.807, 2.05) is 26.0 Å². The highest BCUT2D eigenvalue weighted by atomic mass is 32.2. The van der Waals surface area contributed by atoms with Gasteiger partial charge in [0.1, 0.15) is 5.25 Å². The van der Waals surface area contributed by atoms with Crippen LogP contribution in [0.4, 0.5) is 0 Å². The van der Waals surface area contributed by atoms with Gasteiger partial charge in [-0.2, -0.15) is 0 Å². The van der Waals surface area contributed by atoms with Gasteiger partial charge in [0.05, 0.1) is 5.75 Å². The second-order valence-electron chi connectivity index (χ2n) is 4.36. The number of benzene rings is 1. The molecule has 0 amide bonds. The maximum atomic E-state index is 11.9. The quantitative estimate of drug-likeness (QED) is 0.830. The lowest BCUT2D eigenvalue weighted by Crippen LogP contribution is -2.18. The summed E-state index contributed by atoms with van der Waals surface area (Å²) in [6.45, 7) is 3.95. The summed E-state index contributed by atoms with van der Waals surface area (Å²) in [5, 5.41) is 8.56. The van der Waals surface area contributed by atoms with Crippen LogP contribution >= 0.6 is 11.8 Å².